The van der Waals surface area contributed by atoms with Gasteiger partial charge in [0.15, 0.2) is 0 Å². The van der Waals surface area contributed by atoms with Gasteiger partial charge in [0.2, 0.25) is 5.88 Å². The molecule has 0 radical (unpaired) electrons. The van der Waals surface area contributed by atoms with E-state index < -0.39 is 15.6 Å². The number of hydrogen-bond donors (Lipinski definition) is 0. The van der Waals surface area contributed by atoms with Crippen LogP contribution >= 0.6 is 17.1 Å². The van der Waals surface area contributed by atoms with Crippen LogP contribution in [0.15, 0.2) is 6.07 Å². The van der Waals surface area contributed by atoms with Crippen LogP contribution in [0.2, 0.25) is 0 Å². The Balaban J connectivity index is 3.31. The summed E-state index contributed by atoms with van der Waals surface area (Å²) in [7, 11) is -2.47. The van der Waals surface area contributed by atoms with E-state index in [4.69, 9.17) is 9.05 Å². The smallest absolute Gasteiger partial charge is 0.353 e. The lowest BCUT2D eigenvalue weighted by atomic mass is 10.2. The molecule has 0 bridgehead atoms. The Morgan fingerprint density at radius 2 is 2.00 bits per heavy atom. The fourth-order valence-electron chi connectivity index (χ4n) is 1.50. The summed E-state index contributed by atoms with van der Waals surface area (Å²) in [6, 6.07) is 1.63. The number of aryl methyl sites for hydroxylation is 1. The summed E-state index contributed by atoms with van der Waals surface area (Å²) >= 11 is 1.17. The molecular weight excluding hydrogens is 331 g/mol. The highest BCUT2D eigenvalue weighted by Crippen LogP contribution is 2.61. The van der Waals surface area contributed by atoms with Crippen LogP contribution in [-0.4, -0.2) is 30.7 Å². The normalized spacial score (nSPS) is 14.0. The van der Waals surface area contributed by atoms with Gasteiger partial charge in [0.25, 0.3) is 9.88 Å². The molecule has 0 aliphatic carbocycles. The molecule has 6 nitrogen and oxygen atoms in total. The van der Waals surface area contributed by atoms with E-state index in [1.54, 1.807) is 13.0 Å². The zero-order chi connectivity index (χ0) is 16.0. The highest BCUT2D eigenvalue weighted by Gasteiger charge is 2.27. The first kappa shape index (κ1) is 18.5. The molecule has 0 aromatic carbocycles. The van der Waals surface area contributed by atoms with Crippen LogP contribution in [-0.2, 0) is 14.4 Å². The Morgan fingerprint density at radius 1 is 1.33 bits per heavy atom. The average Bonchev–Trinajstić information content (AvgIpc) is 2.38. The van der Waals surface area contributed by atoms with Gasteiger partial charge in [0, 0.05) is 23.4 Å². The summed E-state index contributed by atoms with van der Waals surface area (Å²) in [6.45, 7) is 9.62. The number of nitrogens with zero attached hydrogens (tertiary/aromatic N) is 2. The van der Waals surface area contributed by atoms with Crippen LogP contribution in [0.1, 0.15) is 45.1 Å². The van der Waals surface area contributed by atoms with Crippen LogP contribution in [0.25, 0.3) is 0 Å². The molecule has 9 heteroatoms. The van der Waals surface area contributed by atoms with E-state index in [9.17, 15) is 8.42 Å². The third-order valence-corrected chi connectivity index (χ3v) is 10.2. The van der Waals surface area contributed by atoms with E-state index in [2.05, 4.69) is 9.97 Å². The van der Waals surface area contributed by atoms with Gasteiger partial charge in [-0.2, -0.15) is 13.4 Å². The largest absolute Gasteiger partial charge is 0.415 e. The first-order valence-electron chi connectivity index (χ1n) is 6.67. The third kappa shape index (κ3) is 4.98. The topological polar surface area (TPSA) is 78.4 Å². The number of aromatic nitrogens is 2. The molecule has 0 saturated carbocycles. The molecule has 1 rings (SSSR count). The fourth-order valence-corrected chi connectivity index (χ4v) is 7.72. The minimum absolute atomic E-state index is 0.128. The van der Waals surface area contributed by atoms with Crippen molar-refractivity contribution in [2.75, 3.05) is 12.4 Å². The second-order valence-corrected chi connectivity index (χ2v) is 12.3. The Hall–Kier alpha value is -0.560. The van der Waals surface area contributed by atoms with Gasteiger partial charge in [-0.05, 0) is 13.8 Å². The summed E-state index contributed by atoms with van der Waals surface area (Å²) in [4.78, 5) is 8.61. The maximum atomic E-state index is 11.6. The molecule has 0 aliphatic rings. The predicted molar refractivity (Wildman–Crippen MR) is 87.1 cm³/mol. The van der Waals surface area contributed by atoms with Crippen LogP contribution in [0.3, 0.4) is 0 Å². The molecule has 0 aliphatic heterocycles. The van der Waals surface area contributed by atoms with Gasteiger partial charge in [-0.3, -0.25) is 0 Å². The van der Waals surface area contributed by atoms with E-state index in [0.717, 1.165) is 5.69 Å². The van der Waals surface area contributed by atoms with Crippen LogP contribution < -0.4 is 4.52 Å². The van der Waals surface area contributed by atoms with E-state index in [0.29, 0.717) is 11.6 Å². The molecule has 21 heavy (non-hydrogen) atoms. The van der Waals surface area contributed by atoms with Crippen molar-refractivity contribution < 1.29 is 17.5 Å². The van der Waals surface area contributed by atoms with Gasteiger partial charge in [-0.15, -0.1) is 0 Å². The third-order valence-electron chi connectivity index (χ3n) is 2.33. The lowest BCUT2D eigenvalue weighted by Crippen LogP contribution is -2.04. The summed E-state index contributed by atoms with van der Waals surface area (Å²) in [5, 5.41) is 0. The zero-order valence-corrected chi connectivity index (χ0v) is 15.4. The highest BCUT2D eigenvalue weighted by atomic mass is 32.9. The lowest BCUT2D eigenvalue weighted by Gasteiger charge is -2.20. The maximum Gasteiger partial charge on any atom is 0.353 e. The lowest BCUT2D eigenvalue weighted by molar-refractivity contribution is 0.340. The standard InChI is InChI=1S/C12H21N2O4PS2/c1-6-17-19(20-7-2,21(15)16)18-11-8-10(5)13-12(14-11)9(3)4/h8-9H,6-7H2,1-5H3. The molecule has 1 unspecified atom stereocenters. The molecule has 120 valence electrons. The molecular formula is C12H21N2O4PS2. The first-order valence-corrected chi connectivity index (χ1v) is 11.6. The molecule has 1 heterocycles. The molecule has 1 aromatic heterocycles. The summed E-state index contributed by atoms with van der Waals surface area (Å²) in [5.74, 6) is 1.57. The van der Waals surface area contributed by atoms with Gasteiger partial charge >= 0.3 is 5.69 Å². The SMILES string of the molecule is CCOP(Oc1cc(C)nc(C(C)C)n1)(SCC)=S(=O)=O. The van der Waals surface area contributed by atoms with Gasteiger partial charge < -0.3 is 9.05 Å². The molecule has 0 saturated heterocycles. The minimum Gasteiger partial charge on any atom is -0.415 e. The highest BCUT2D eigenvalue weighted by molar-refractivity contribution is 8.69. The minimum atomic E-state index is -3.12. The second kappa shape index (κ2) is 8.17. The molecule has 1 aromatic rings. The zero-order valence-electron chi connectivity index (χ0n) is 12.9. The maximum absolute atomic E-state index is 11.6. The van der Waals surface area contributed by atoms with Crippen molar-refractivity contribution in [1.29, 1.82) is 0 Å². The number of hydrogen-bond acceptors (Lipinski definition) is 7. The quantitative estimate of drug-likeness (QED) is 0.693. The second-order valence-electron chi connectivity index (χ2n) is 4.45. The first-order chi connectivity index (χ1) is 9.84. The van der Waals surface area contributed by atoms with Crippen molar-refractivity contribution in [1.82, 2.24) is 9.97 Å². The van der Waals surface area contributed by atoms with E-state index in [1.807, 2.05) is 27.7 Å². The van der Waals surface area contributed by atoms with Crippen LogP contribution in [0.4, 0.5) is 0 Å². The summed E-state index contributed by atoms with van der Waals surface area (Å²) in [5.41, 5.74) is -2.38. The van der Waals surface area contributed by atoms with Crippen molar-refractivity contribution in [3.8, 4) is 5.88 Å². The monoisotopic (exact) mass is 352 g/mol. The Labute approximate surface area is 131 Å². The number of rotatable bonds is 7. The molecule has 0 spiro atoms. The Kier molecular flexibility index (Phi) is 7.20. The molecule has 0 N–H and O–H groups in total. The fraction of sp³-hybridized carbons (Fsp3) is 0.667. The van der Waals surface area contributed by atoms with Gasteiger partial charge in [-0.25, -0.2) is 4.98 Å². The van der Waals surface area contributed by atoms with E-state index >= 15 is 0 Å². The van der Waals surface area contributed by atoms with Gasteiger partial charge in [-0.1, -0.05) is 32.2 Å². The van der Waals surface area contributed by atoms with Crippen molar-refractivity contribution in [2.24, 2.45) is 0 Å². The van der Waals surface area contributed by atoms with Crippen LogP contribution in [0, 0.1) is 6.92 Å². The van der Waals surface area contributed by atoms with Crippen molar-refractivity contribution in [3.05, 3.63) is 17.6 Å². The van der Waals surface area contributed by atoms with Crippen LogP contribution in [0.5, 0.6) is 5.88 Å². The van der Waals surface area contributed by atoms with Crippen molar-refractivity contribution >= 4 is 27.0 Å². The molecule has 0 amide bonds. The van der Waals surface area contributed by atoms with E-state index in [-0.39, 0.29) is 18.4 Å². The van der Waals surface area contributed by atoms with E-state index in [1.165, 1.54) is 11.4 Å². The molecule has 0 fully saturated rings. The summed E-state index contributed by atoms with van der Waals surface area (Å²) < 4.78 is 34.4. The van der Waals surface area contributed by atoms with Crippen molar-refractivity contribution in [3.63, 3.8) is 0 Å². The Bertz CT molecular complexity index is 629. The van der Waals surface area contributed by atoms with Gasteiger partial charge in [0.1, 0.15) is 5.82 Å². The summed E-state index contributed by atoms with van der Waals surface area (Å²) in [6.07, 6.45) is 0. The molecule has 1 atom stereocenters. The Morgan fingerprint density at radius 3 is 2.48 bits per heavy atom. The predicted octanol–water partition coefficient (Wildman–Crippen LogP) is 3.63. The van der Waals surface area contributed by atoms with Crippen molar-refractivity contribution in [2.45, 2.75) is 40.5 Å². The van der Waals surface area contributed by atoms with Gasteiger partial charge in [0.05, 0.1) is 6.61 Å². The average molecular weight is 352 g/mol.